The molecule has 0 bridgehead atoms. The SMILES string of the molecule is NC(=O)SN1CCN(C(=O)c2ccco2)CC1. The van der Waals surface area contributed by atoms with Crippen LogP contribution in [0.2, 0.25) is 0 Å². The van der Waals surface area contributed by atoms with Crippen LogP contribution in [0.4, 0.5) is 4.79 Å². The second-order valence-corrected chi connectivity index (χ2v) is 4.71. The first kappa shape index (κ1) is 12.0. The number of primary amides is 1. The molecular formula is C10H13N3O3S. The summed E-state index contributed by atoms with van der Waals surface area (Å²) in [6.45, 7) is 2.39. The molecule has 92 valence electrons. The van der Waals surface area contributed by atoms with Crippen LogP contribution in [-0.2, 0) is 0 Å². The number of carbonyl (C=O) groups is 2. The number of furan rings is 1. The fourth-order valence-corrected chi connectivity index (χ4v) is 2.27. The van der Waals surface area contributed by atoms with E-state index in [4.69, 9.17) is 10.2 Å². The molecule has 7 heteroatoms. The molecule has 1 saturated heterocycles. The minimum atomic E-state index is -0.421. The van der Waals surface area contributed by atoms with E-state index < -0.39 is 5.24 Å². The highest BCUT2D eigenvalue weighted by Gasteiger charge is 2.24. The predicted molar refractivity (Wildman–Crippen MR) is 63.4 cm³/mol. The minimum Gasteiger partial charge on any atom is -0.459 e. The van der Waals surface area contributed by atoms with Gasteiger partial charge < -0.3 is 15.1 Å². The summed E-state index contributed by atoms with van der Waals surface area (Å²) in [5.41, 5.74) is 5.08. The molecule has 2 rings (SSSR count). The van der Waals surface area contributed by atoms with Crippen LogP contribution in [0.3, 0.4) is 0 Å². The Kier molecular flexibility index (Phi) is 3.70. The summed E-state index contributed by atoms with van der Waals surface area (Å²) >= 11 is 0.997. The molecule has 2 heterocycles. The lowest BCUT2D eigenvalue weighted by atomic mass is 10.3. The summed E-state index contributed by atoms with van der Waals surface area (Å²) < 4.78 is 6.91. The van der Waals surface area contributed by atoms with E-state index in [0.29, 0.717) is 31.9 Å². The van der Waals surface area contributed by atoms with E-state index >= 15 is 0 Å². The van der Waals surface area contributed by atoms with Gasteiger partial charge in [-0.15, -0.1) is 0 Å². The van der Waals surface area contributed by atoms with Crippen molar-refractivity contribution in [1.29, 1.82) is 0 Å². The number of amides is 2. The second kappa shape index (κ2) is 5.24. The maximum Gasteiger partial charge on any atom is 0.291 e. The van der Waals surface area contributed by atoms with Crippen LogP contribution in [0.15, 0.2) is 22.8 Å². The first-order valence-electron chi connectivity index (χ1n) is 5.22. The standard InChI is InChI=1S/C10H13N3O3S/c11-10(15)17-13-5-3-12(4-6-13)9(14)8-2-1-7-16-8/h1-2,7H,3-6H2,(H2,11,15). The van der Waals surface area contributed by atoms with Crippen molar-refractivity contribution in [3.05, 3.63) is 24.2 Å². The van der Waals surface area contributed by atoms with Crippen LogP contribution in [0.5, 0.6) is 0 Å². The minimum absolute atomic E-state index is 0.112. The molecule has 0 saturated carbocycles. The van der Waals surface area contributed by atoms with Gasteiger partial charge in [0.15, 0.2) is 5.76 Å². The van der Waals surface area contributed by atoms with Crippen molar-refractivity contribution in [2.75, 3.05) is 26.2 Å². The molecule has 1 aliphatic rings. The van der Waals surface area contributed by atoms with E-state index in [-0.39, 0.29) is 5.91 Å². The van der Waals surface area contributed by atoms with Crippen molar-refractivity contribution < 1.29 is 14.0 Å². The molecular weight excluding hydrogens is 242 g/mol. The van der Waals surface area contributed by atoms with E-state index in [0.717, 1.165) is 11.9 Å². The number of hydrogen-bond acceptors (Lipinski definition) is 5. The summed E-state index contributed by atoms with van der Waals surface area (Å²) in [6, 6.07) is 3.33. The summed E-state index contributed by atoms with van der Waals surface area (Å²) in [4.78, 5) is 24.3. The average Bonchev–Trinajstić information content (AvgIpc) is 2.82. The summed E-state index contributed by atoms with van der Waals surface area (Å²) in [5, 5.41) is -0.421. The zero-order chi connectivity index (χ0) is 12.3. The second-order valence-electron chi connectivity index (χ2n) is 3.61. The average molecular weight is 255 g/mol. The zero-order valence-corrected chi connectivity index (χ0v) is 9.98. The Balaban J connectivity index is 1.87. The van der Waals surface area contributed by atoms with Gasteiger partial charge in [0.1, 0.15) is 0 Å². The van der Waals surface area contributed by atoms with Gasteiger partial charge in [0.05, 0.1) is 6.26 Å². The monoisotopic (exact) mass is 255 g/mol. The number of nitrogens with two attached hydrogens (primary N) is 1. The highest BCUT2D eigenvalue weighted by molar-refractivity contribution is 8.11. The zero-order valence-electron chi connectivity index (χ0n) is 9.17. The Labute approximate surface area is 103 Å². The molecule has 6 nitrogen and oxygen atoms in total. The maximum atomic E-state index is 11.9. The smallest absolute Gasteiger partial charge is 0.291 e. The van der Waals surface area contributed by atoms with Crippen molar-refractivity contribution in [1.82, 2.24) is 9.21 Å². The quantitative estimate of drug-likeness (QED) is 0.789. The van der Waals surface area contributed by atoms with Crippen molar-refractivity contribution in [3.8, 4) is 0 Å². The van der Waals surface area contributed by atoms with Crippen molar-refractivity contribution in [2.45, 2.75) is 0 Å². The number of piperazine rings is 1. The van der Waals surface area contributed by atoms with Crippen molar-refractivity contribution in [3.63, 3.8) is 0 Å². The van der Waals surface area contributed by atoms with Gasteiger partial charge in [0.25, 0.3) is 11.1 Å². The van der Waals surface area contributed by atoms with E-state index in [1.807, 2.05) is 4.31 Å². The summed E-state index contributed by atoms with van der Waals surface area (Å²) in [6.07, 6.45) is 1.48. The highest BCUT2D eigenvalue weighted by atomic mass is 32.2. The van der Waals surface area contributed by atoms with Crippen LogP contribution >= 0.6 is 11.9 Å². The molecule has 1 aromatic heterocycles. The van der Waals surface area contributed by atoms with Crippen LogP contribution in [0, 0.1) is 0 Å². The summed E-state index contributed by atoms with van der Waals surface area (Å²) in [5.74, 6) is 0.236. The molecule has 0 spiro atoms. The Bertz CT molecular complexity index is 399. The molecule has 2 amide bonds. The van der Waals surface area contributed by atoms with Gasteiger partial charge in [-0.2, -0.15) is 0 Å². The van der Waals surface area contributed by atoms with Crippen molar-refractivity contribution >= 4 is 23.1 Å². The Morgan fingerprint density at radius 2 is 2.00 bits per heavy atom. The molecule has 17 heavy (non-hydrogen) atoms. The van der Waals surface area contributed by atoms with Gasteiger partial charge in [0, 0.05) is 38.1 Å². The molecule has 1 aliphatic heterocycles. The molecule has 0 aromatic carbocycles. The normalized spacial score (nSPS) is 17.1. The molecule has 0 unspecified atom stereocenters. The van der Waals surface area contributed by atoms with E-state index in [1.165, 1.54) is 6.26 Å². The lowest BCUT2D eigenvalue weighted by Crippen LogP contribution is -2.46. The van der Waals surface area contributed by atoms with Gasteiger partial charge in [-0.3, -0.25) is 9.59 Å². The Hall–Kier alpha value is -1.47. The number of carbonyl (C=O) groups excluding carboxylic acids is 2. The van der Waals surface area contributed by atoms with Gasteiger partial charge in [-0.05, 0) is 12.1 Å². The molecule has 0 radical (unpaired) electrons. The molecule has 2 N–H and O–H groups in total. The van der Waals surface area contributed by atoms with Crippen LogP contribution in [0.25, 0.3) is 0 Å². The van der Waals surface area contributed by atoms with Gasteiger partial charge in [0.2, 0.25) is 0 Å². The van der Waals surface area contributed by atoms with Crippen molar-refractivity contribution in [2.24, 2.45) is 5.73 Å². The van der Waals surface area contributed by atoms with E-state index in [2.05, 4.69) is 0 Å². The number of hydrogen-bond donors (Lipinski definition) is 1. The Morgan fingerprint density at radius 1 is 1.29 bits per heavy atom. The molecule has 0 aliphatic carbocycles. The molecule has 1 fully saturated rings. The van der Waals surface area contributed by atoms with E-state index in [9.17, 15) is 9.59 Å². The number of rotatable bonds is 2. The third-order valence-corrected chi connectivity index (χ3v) is 3.28. The van der Waals surface area contributed by atoms with Gasteiger partial charge >= 0.3 is 0 Å². The Morgan fingerprint density at radius 3 is 2.53 bits per heavy atom. The topological polar surface area (TPSA) is 79.8 Å². The highest BCUT2D eigenvalue weighted by Crippen LogP contribution is 2.15. The third-order valence-electron chi connectivity index (χ3n) is 2.48. The van der Waals surface area contributed by atoms with E-state index in [1.54, 1.807) is 17.0 Å². The number of nitrogens with zero attached hydrogens (tertiary/aromatic N) is 2. The van der Waals surface area contributed by atoms with Gasteiger partial charge in [-0.1, -0.05) is 0 Å². The maximum absolute atomic E-state index is 11.9. The predicted octanol–water partition coefficient (Wildman–Crippen LogP) is 0.764. The van der Waals surface area contributed by atoms with Crippen LogP contribution < -0.4 is 5.73 Å². The molecule has 0 atom stereocenters. The van der Waals surface area contributed by atoms with Crippen LogP contribution in [-0.4, -0.2) is 46.5 Å². The fraction of sp³-hybridized carbons (Fsp3) is 0.400. The third kappa shape index (κ3) is 3.01. The summed E-state index contributed by atoms with van der Waals surface area (Å²) in [7, 11) is 0. The first-order chi connectivity index (χ1) is 8.16. The first-order valence-corrected chi connectivity index (χ1v) is 5.99. The largest absolute Gasteiger partial charge is 0.459 e. The fourth-order valence-electron chi connectivity index (χ4n) is 1.67. The molecule has 1 aromatic rings. The lowest BCUT2D eigenvalue weighted by molar-refractivity contribution is 0.0672. The van der Waals surface area contributed by atoms with Gasteiger partial charge in [-0.25, -0.2) is 4.31 Å². The lowest BCUT2D eigenvalue weighted by Gasteiger charge is -2.32. The van der Waals surface area contributed by atoms with Crippen LogP contribution in [0.1, 0.15) is 10.6 Å².